The van der Waals surface area contributed by atoms with Crippen molar-refractivity contribution in [2.24, 2.45) is 11.8 Å². The standard InChI is InChI=1S/C24H32F3N5O2/c1-14(2)22(34)15-4-7-19(8-5-15)32-12-18(13-32)30-21(33)11-28-23-20-9-17(24(25,26)27)6-3-16(20)10-29-31-23/h3,6,9-10,14-15,18-19,22,34H,4-5,7-8,11-13H2,1-2H3,(H,28,31)(H,30,33)/t15?,19?,22-/m1/s1. The Morgan fingerprint density at radius 1 is 1.21 bits per heavy atom. The van der Waals surface area contributed by atoms with E-state index >= 15 is 0 Å². The van der Waals surface area contributed by atoms with E-state index in [0.29, 0.717) is 17.3 Å². The highest BCUT2D eigenvalue weighted by atomic mass is 19.4. The Morgan fingerprint density at radius 3 is 2.56 bits per heavy atom. The van der Waals surface area contributed by atoms with Gasteiger partial charge in [-0.2, -0.15) is 18.3 Å². The van der Waals surface area contributed by atoms with Crippen molar-refractivity contribution in [2.75, 3.05) is 25.0 Å². The monoisotopic (exact) mass is 479 g/mol. The number of anilines is 1. The molecule has 10 heteroatoms. The number of benzene rings is 1. The Morgan fingerprint density at radius 2 is 1.91 bits per heavy atom. The summed E-state index contributed by atoms with van der Waals surface area (Å²) in [4.78, 5) is 14.8. The van der Waals surface area contributed by atoms with Crippen LogP contribution in [0.3, 0.4) is 0 Å². The minimum absolute atomic E-state index is 0.0590. The Bertz CT molecular complexity index is 1000. The van der Waals surface area contributed by atoms with Crippen LogP contribution in [0.2, 0.25) is 0 Å². The fourth-order valence-corrected chi connectivity index (χ4v) is 5.08. The zero-order valence-electron chi connectivity index (χ0n) is 19.5. The number of halogens is 3. The maximum Gasteiger partial charge on any atom is 0.416 e. The van der Waals surface area contributed by atoms with E-state index in [-0.39, 0.29) is 41.7 Å². The summed E-state index contributed by atoms with van der Waals surface area (Å²) in [5, 5.41) is 24.6. The van der Waals surface area contributed by atoms with Crippen LogP contribution in [-0.2, 0) is 11.0 Å². The lowest BCUT2D eigenvalue weighted by atomic mass is 9.78. The summed E-state index contributed by atoms with van der Waals surface area (Å²) in [6.45, 7) is 5.59. The number of hydrogen-bond donors (Lipinski definition) is 3. The number of rotatable bonds is 7. The van der Waals surface area contributed by atoms with Gasteiger partial charge in [-0.3, -0.25) is 9.69 Å². The molecule has 0 bridgehead atoms. The molecular formula is C24H32F3N5O2. The molecule has 2 heterocycles. The molecule has 1 amide bonds. The average molecular weight is 480 g/mol. The van der Waals surface area contributed by atoms with Gasteiger partial charge in [0.2, 0.25) is 5.91 Å². The number of hydrogen-bond acceptors (Lipinski definition) is 6. The van der Waals surface area contributed by atoms with Gasteiger partial charge in [0, 0.05) is 29.9 Å². The van der Waals surface area contributed by atoms with Crippen molar-refractivity contribution in [2.45, 2.75) is 63.9 Å². The zero-order chi connectivity index (χ0) is 24.5. The third kappa shape index (κ3) is 5.60. The Kier molecular flexibility index (Phi) is 7.28. The molecule has 4 rings (SSSR count). The first-order valence-corrected chi connectivity index (χ1v) is 11.9. The number of aliphatic hydroxyl groups is 1. The van der Waals surface area contributed by atoms with Crippen LogP contribution in [0.5, 0.6) is 0 Å². The number of carbonyl (C=O) groups excluding carboxylic acids is 1. The van der Waals surface area contributed by atoms with Crippen molar-refractivity contribution in [3.63, 3.8) is 0 Å². The minimum atomic E-state index is -4.46. The highest BCUT2D eigenvalue weighted by Gasteiger charge is 2.37. The second kappa shape index (κ2) is 10.0. The summed E-state index contributed by atoms with van der Waals surface area (Å²) in [7, 11) is 0. The lowest BCUT2D eigenvalue weighted by Gasteiger charge is -2.47. The Hall–Kier alpha value is -2.46. The fourth-order valence-electron chi connectivity index (χ4n) is 5.08. The van der Waals surface area contributed by atoms with E-state index in [4.69, 9.17) is 0 Å². The van der Waals surface area contributed by atoms with E-state index in [1.807, 2.05) is 0 Å². The first-order valence-electron chi connectivity index (χ1n) is 11.9. The number of aromatic nitrogens is 2. The molecule has 2 fully saturated rings. The third-order valence-electron chi connectivity index (χ3n) is 7.11. The molecule has 3 N–H and O–H groups in total. The number of alkyl halides is 3. The topological polar surface area (TPSA) is 90.4 Å². The minimum Gasteiger partial charge on any atom is -0.393 e. The lowest BCUT2D eigenvalue weighted by Crippen LogP contribution is -2.63. The van der Waals surface area contributed by atoms with Gasteiger partial charge in [-0.25, -0.2) is 0 Å². The summed E-state index contributed by atoms with van der Waals surface area (Å²) < 4.78 is 39.2. The van der Waals surface area contributed by atoms with Crippen LogP contribution in [0.15, 0.2) is 24.4 Å². The van der Waals surface area contributed by atoms with Crippen LogP contribution in [0, 0.1) is 11.8 Å². The van der Waals surface area contributed by atoms with Gasteiger partial charge in [-0.1, -0.05) is 19.9 Å². The molecule has 1 saturated carbocycles. The molecule has 34 heavy (non-hydrogen) atoms. The van der Waals surface area contributed by atoms with E-state index in [0.717, 1.165) is 50.9 Å². The van der Waals surface area contributed by atoms with Crippen molar-refractivity contribution < 1.29 is 23.1 Å². The van der Waals surface area contributed by atoms with E-state index in [9.17, 15) is 23.1 Å². The Balaban J connectivity index is 1.24. The first-order chi connectivity index (χ1) is 16.1. The predicted octanol–water partition coefficient (Wildman–Crippen LogP) is 3.44. The van der Waals surface area contributed by atoms with Gasteiger partial charge in [0.1, 0.15) is 0 Å². The summed E-state index contributed by atoms with van der Waals surface area (Å²) in [5.41, 5.74) is -0.775. The fraction of sp³-hybridized carbons (Fsp3) is 0.625. The number of nitrogens with zero attached hydrogens (tertiary/aromatic N) is 3. The normalized spacial score (nSPS) is 23.0. The van der Waals surface area contributed by atoms with Crippen LogP contribution in [0.4, 0.5) is 19.0 Å². The number of fused-ring (bicyclic) bond motifs is 1. The summed E-state index contributed by atoms with van der Waals surface area (Å²) in [6.07, 6.45) is 0.888. The maximum atomic E-state index is 13.1. The smallest absolute Gasteiger partial charge is 0.393 e. The summed E-state index contributed by atoms with van der Waals surface area (Å²) >= 11 is 0. The molecule has 2 aromatic rings. The quantitative estimate of drug-likeness (QED) is 0.564. The van der Waals surface area contributed by atoms with Crippen LogP contribution in [-0.4, -0.2) is 63.9 Å². The first kappa shape index (κ1) is 24.7. The van der Waals surface area contributed by atoms with Gasteiger partial charge >= 0.3 is 6.18 Å². The molecule has 1 aromatic carbocycles. The number of likely N-dealkylation sites (tertiary alicyclic amines) is 1. The van der Waals surface area contributed by atoms with Crippen LogP contribution < -0.4 is 10.6 Å². The van der Waals surface area contributed by atoms with Crippen LogP contribution >= 0.6 is 0 Å². The lowest BCUT2D eigenvalue weighted by molar-refractivity contribution is -0.137. The third-order valence-corrected chi connectivity index (χ3v) is 7.11. The van der Waals surface area contributed by atoms with Crippen molar-refractivity contribution in [3.05, 3.63) is 30.0 Å². The number of nitrogens with one attached hydrogen (secondary N) is 2. The van der Waals surface area contributed by atoms with Crippen molar-refractivity contribution >= 4 is 22.5 Å². The SMILES string of the molecule is CC(C)[C@@H](O)C1CCC(N2CC(NC(=O)CNc3nncc4ccc(C(F)(F)F)cc34)C2)CC1. The highest BCUT2D eigenvalue weighted by Crippen LogP contribution is 2.34. The molecule has 0 radical (unpaired) electrons. The van der Waals surface area contributed by atoms with Gasteiger partial charge in [0.05, 0.1) is 30.5 Å². The van der Waals surface area contributed by atoms with E-state index in [2.05, 4.69) is 39.6 Å². The zero-order valence-corrected chi connectivity index (χ0v) is 19.5. The molecule has 1 aliphatic heterocycles. The summed E-state index contributed by atoms with van der Waals surface area (Å²) in [6, 6.07) is 3.92. The van der Waals surface area contributed by atoms with Gasteiger partial charge in [0.25, 0.3) is 0 Å². The number of carbonyl (C=O) groups is 1. The molecular weight excluding hydrogens is 447 g/mol. The van der Waals surface area contributed by atoms with Crippen LogP contribution in [0.25, 0.3) is 10.8 Å². The van der Waals surface area contributed by atoms with Gasteiger partial charge < -0.3 is 15.7 Å². The van der Waals surface area contributed by atoms with E-state index in [1.54, 1.807) is 0 Å². The second-order valence-electron chi connectivity index (χ2n) is 9.87. The van der Waals surface area contributed by atoms with Crippen molar-refractivity contribution in [1.82, 2.24) is 20.4 Å². The van der Waals surface area contributed by atoms with Gasteiger partial charge in [-0.15, -0.1) is 5.10 Å². The predicted molar refractivity (Wildman–Crippen MR) is 123 cm³/mol. The highest BCUT2D eigenvalue weighted by molar-refractivity contribution is 5.93. The molecule has 1 atom stereocenters. The summed E-state index contributed by atoms with van der Waals surface area (Å²) in [5.74, 6) is 0.572. The molecule has 1 aliphatic carbocycles. The van der Waals surface area contributed by atoms with Crippen molar-refractivity contribution in [3.8, 4) is 0 Å². The Labute approximate surface area is 197 Å². The molecule has 186 valence electrons. The molecule has 1 saturated heterocycles. The average Bonchev–Trinajstić information content (AvgIpc) is 2.78. The van der Waals surface area contributed by atoms with E-state index in [1.165, 1.54) is 12.3 Å². The number of aliphatic hydroxyl groups excluding tert-OH is 1. The molecule has 1 aromatic heterocycles. The maximum absolute atomic E-state index is 13.1. The van der Waals surface area contributed by atoms with Crippen molar-refractivity contribution in [1.29, 1.82) is 0 Å². The molecule has 7 nitrogen and oxygen atoms in total. The molecule has 0 spiro atoms. The second-order valence-corrected chi connectivity index (χ2v) is 9.87. The van der Waals surface area contributed by atoms with E-state index < -0.39 is 11.7 Å². The molecule has 0 unspecified atom stereocenters. The van der Waals surface area contributed by atoms with Gasteiger partial charge in [-0.05, 0) is 49.7 Å². The van der Waals surface area contributed by atoms with Crippen LogP contribution in [0.1, 0.15) is 45.1 Å². The van der Waals surface area contributed by atoms with Gasteiger partial charge in [0.15, 0.2) is 5.82 Å². The molecule has 2 aliphatic rings. The largest absolute Gasteiger partial charge is 0.416 e. The number of amides is 1.